The van der Waals surface area contributed by atoms with E-state index in [1.165, 1.54) is 25.3 Å². The molecule has 0 bridgehead atoms. The zero-order chi connectivity index (χ0) is 25.3. The molecule has 4 nitrogen and oxygen atoms in total. The monoisotopic (exact) mass is 472 g/mol. The first-order chi connectivity index (χ1) is 15.6. The van der Waals surface area contributed by atoms with E-state index >= 15 is 0 Å². The second kappa shape index (κ2) is 8.28. The molecule has 4 heteroatoms. The summed E-state index contributed by atoms with van der Waals surface area (Å²) in [5.41, 5.74) is 1.76. The fourth-order valence-electron chi connectivity index (χ4n) is 8.80. The average Bonchev–Trinajstić information content (AvgIpc) is 3.06. The van der Waals surface area contributed by atoms with Gasteiger partial charge in [0, 0.05) is 11.8 Å². The summed E-state index contributed by atoms with van der Waals surface area (Å²) in [6, 6.07) is 0. The van der Waals surface area contributed by atoms with Gasteiger partial charge >= 0.3 is 0 Å². The third-order valence-corrected chi connectivity index (χ3v) is 11.7. The Morgan fingerprint density at radius 1 is 1.09 bits per heavy atom. The third kappa shape index (κ3) is 3.53. The molecule has 192 valence electrons. The lowest BCUT2D eigenvalue weighted by Crippen LogP contribution is -2.53. The topological polar surface area (TPSA) is 77.8 Å². The highest BCUT2D eigenvalue weighted by molar-refractivity contribution is 5.86. The number of allylic oxidation sites excluding steroid dienone is 4. The van der Waals surface area contributed by atoms with E-state index in [0.29, 0.717) is 36.4 Å². The van der Waals surface area contributed by atoms with Gasteiger partial charge in [0.25, 0.3) is 0 Å². The molecular weight excluding hydrogens is 424 g/mol. The Kier molecular flexibility index (Phi) is 6.36. The number of hydrogen-bond donors (Lipinski definition) is 3. The highest BCUT2D eigenvalue weighted by atomic mass is 16.4. The molecule has 0 spiro atoms. The smallest absolute Gasteiger partial charge is 0.138 e. The molecule has 0 aromatic rings. The number of Topliss-reactive ketones (excluding diaryl/α,β-unsaturated/α-hetero) is 1. The molecule has 0 radical (unpaired) electrons. The van der Waals surface area contributed by atoms with Crippen LogP contribution in [0.3, 0.4) is 0 Å². The fourth-order valence-corrected chi connectivity index (χ4v) is 8.80. The number of carbonyl (C=O) groups excluding carboxylic acids is 1. The van der Waals surface area contributed by atoms with Gasteiger partial charge in [-0.3, -0.25) is 4.79 Å². The molecule has 0 aromatic carbocycles. The van der Waals surface area contributed by atoms with E-state index in [-0.39, 0.29) is 21.7 Å². The number of hydrogen-bond acceptors (Lipinski definition) is 4. The van der Waals surface area contributed by atoms with Crippen molar-refractivity contribution in [1.29, 1.82) is 0 Å². The third-order valence-electron chi connectivity index (χ3n) is 11.7. The summed E-state index contributed by atoms with van der Waals surface area (Å²) >= 11 is 0. The summed E-state index contributed by atoms with van der Waals surface area (Å²) in [4.78, 5) is 12.8. The number of aliphatic hydroxyl groups is 3. The van der Waals surface area contributed by atoms with Gasteiger partial charge in [-0.2, -0.15) is 0 Å². The Hall–Kier alpha value is -0.970. The van der Waals surface area contributed by atoms with Gasteiger partial charge in [0.15, 0.2) is 0 Å². The number of rotatable bonds is 6. The summed E-state index contributed by atoms with van der Waals surface area (Å²) < 4.78 is 0. The molecule has 0 saturated heterocycles. The first-order valence-electron chi connectivity index (χ1n) is 13.6. The van der Waals surface area contributed by atoms with E-state index in [1.54, 1.807) is 5.57 Å². The van der Waals surface area contributed by atoms with Crippen LogP contribution >= 0.6 is 0 Å². The maximum atomic E-state index is 12.8. The molecule has 4 aliphatic carbocycles. The van der Waals surface area contributed by atoms with Crippen molar-refractivity contribution in [3.05, 3.63) is 23.3 Å². The Morgan fingerprint density at radius 3 is 2.41 bits per heavy atom. The highest BCUT2D eigenvalue weighted by Gasteiger charge is 2.63. The van der Waals surface area contributed by atoms with Crippen LogP contribution in [0.25, 0.3) is 0 Å². The van der Waals surface area contributed by atoms with Crippen molar-refractivity contribution in [3.63, 3.8) is 0 Å². The molecule has 0 aliphatic heterocycles. The molecule has 3 N–H and O–H groups in total. The Labute approximate surface area is 206 Å². The van der Waals surface area contributed by atoms with Gasteiger partial charge in [-0.15, -0.1) is 0 Å². The van der Waals surface area contributed by atoms with Gasteiger partial charge in [0.2, 0.25) is 0 Å². The van der Waals surface area contributed by atoms with Crippen molar-refractivity contribution < 1.29 is 20.1 Å². The van der Waals surface area contributed by atoms with Crippen molar-refractivity contribution in [3.8, 4) is 0 Å². The van der Waals surface area contributed by atoms with E-state index < -0.39 is 18.3 Å². The SMILES string of the molecule is C[C@H](CC[C@@H](O)[C@](C)(O)CO)[C@H]1CC[C@@]2(C)C3=CC[C@H]4C(C)(C)C(=O)CC[C@]4(C)C3=CC[C@]12C. The fraction of sp³-hybridized carbons (Fsp3) is 0.833. The van der Waals surface area contributed by atoms with Gasteiger partial charge in [0.05, 0.1) is 12.7 Å². The maximum Gasteiger partial charge on any atom is 0.138 e. The van der Waals surface area contributed by atoms with Crippen molar-refractivity contribution in [1.82, 2.24) is 0 Å². The zero-order valence-corrected chi connectivity index (χ0v) is 22.6. The van der Waals surface area contributed by atoms with Gasteiger partial charge < -0.3 is 15.3 Å². The maximum absolute atomic E-state index is 12.8. The quantitative estimate of drug-likeness (QED) is 0.470. The van der Waals surface area contributed by atoms with Gasteiger partial charge in [-0.1, -0.05) is 53.7 Å². The van der Waals surface area contributed by atoms with Crippen LogP contribution in [0.4, 0.5) is 0 Å². The number of ketones is 1. The number of fused-ring (bicyclic) bond motifs is 5. The Balaban J connectivity index is 1.60. The minimum atomic E-state index is -1.44. The number of aliphatic hydroxyl groups excluding tert-OH is 2. The van der Waals surface area contributed by atoms with Crippen LogP contribution in [-0.4, -0.2) is 39.4 Å². The molecule has 4 rings (SSSR count). The van der Waals surface area contributed by atoms with E-state index in [2.05, 4.69) is 53.7 Å². The van der Waals surface area contributed by atoms with E-state index in [1.807, 2.05) is 0 Å². The molecule has 2 fully saturated rings. The first kappa shape index (κ1) is 26.1. The van der Waals surface area contributed by atoms with Crippen molar-refractivity contribution in [2.24, 2.45) is 39.4 Å². The van der Waals surface area contributed by atoms with Crippen LogP contribution in [0.5, 0.6) is 0 Å². The number of carbonyl (C=O) groups is 1. The minimum Gasteiger partial charge on any atom is -0.393 e. The molecule has 8 atom stereocenters. The average molecular weight is 473 g/mol. The predicted molar refractivity (Wildman–Crippen MR) is 136 cm³/mol. The predicted octanol–water partition coefficient (Wildman–Crippen LogP) is 5.60. The van der Waals surface area contributed by atoms with E-state index in [9.17, 15) is 20.1 Å². The molecule has 2 saturated carbocycles. The van der Waals surface area contributed by atoms with Crippen molar-refractivity contribution in [2.45, 2.75) is 112 Å². The van der Waals surface area contributed by atoms with Crippen LogP contribution in [-0.2, 0) is 4.79 Å². The van der Waals surface area contributed by atoms with E-state index in [4.69, 9.17) is 0 Å². The lowest BCUT2D eigenvalue weighted by Gasteiger charge is -2.59. The second-order valence-corrected chi connectivity index (χ2v) is 13.8. The van der Waals surface area contributed by atoms with Gasteiger partial charge in [-0.05, 0) is 97.0 Å². The summed E-state index contributed by atoms with van der Waals surface area (Å²) in [6.07, 6.45) is 11.6. The molecule has 0 aromatic heterocycles. The van der Waals surface area contributed by atoms with Crippen LogP contribution in [0.1, 0.15) is 99.8 Å². The normalized spacial score (nSPS) is 42.5. The van der Waals surface area contributed by atoms with Gasteiger partial charge in [0.1, 0.15) is 11.4 Å². The molecule has 0 unspecified atom stereocenters. The molecule has 34 heavy (non-hydrogen) atoms. The van der Waals surface area contributed by atoms with Crippen molar-refractivity contribution >= 4 is 5.78 Å². The van der Waals surface area contributed by atoms with Crippen LogP contribution < -0.4 is 0 Å². The van der Waals surface area contributed by atoms with Crippen molar-refractivity contribution in [2.75, 3.05) is 6.61 Å². The summed E-state index contributed by atoms with van der Waals surface area (Å²) in [6.45, 7) is 15.1. The Bertz CT molecular complexity index is 897. The minimum absolute atomic E-state index is 0.0789. The zero-order valence-electron chi connectivity index (χ0n) is 22.6. The van der Waals surface area contributed by atoms with E-state index in [0.717, 1.165) is 25.7 Å². The first-order valence-corrected chi connectivity index (χ1v) is 13.6. The largest absolute Gasteiger partial charge is 0.393 e. The molecule has 0 amide bonds. The lowest BCUT2D eigenvalue weighted by molar-refractivity contribution is -0.138. The Morgan fingerprint density at radius 2 is 1.76 bits per heavy atom. The van der Waals surface area contributed by atoms with Crippen LogP contribution in [0.15, 0.2) is 23.3 Å². The van der Waals surface area contributed by atoms with Crippen LogP contribution in [0, 0.1) is 39.4 Å². The molecule has 4 aliphatic rings. The highest BCUT2D eigenvalue weighted by Crippen LogP contribution is 2.71. The molecular formula is C30H48O4. The summed E-state index contributed by atoms with van der Waals surface area (Å²) in [5, 5.41) is 30.0. The standard InChI is InChI=1S/C30H48O4/c1-19(8-11-25(33)30(7,34)18-31)20-12-16-29(6)22-9-10-23-26(2,3)24(32)14-15-27(23,4)21(22)13-17-28(20,29)5/h9,13,19-20,23,25,31,33-34H,8,10-12,14-18H2,1-7H3/t19-,20-,23+,25-,27-,28-,29+,30-/m1/s1. The second-order valence-electron chi connectivity index (χ2n) is 13.8. The van der Waals surface area contributed by atoms with Gasteiger partial charge in [-0.25, -0.2) is 0 Å². The van der Waals surface area contributed by atoms with Crippen LogP contribution in [0.2, 0.25) is 0 Å². The lowest BCUT2D eigenvalue weighted by atomic mass is 9.44. The summed E-state index contributed by atoms with van der Waals surface area (Å²) in [7, 11) is 0. The molecule has 0 heterocycles. The summed E-state index contributed by atoms with van der Waals surface area (Å²) in [5.74, 6) is 1.79.